The van der Waals surface area contributed by atoms with E-state index in [1.807, 2.05) is 106 Å². The summed E-state index contributed by atoms with van der Waals surface area (Å²) in [5.74, 6) is 7.17. The summed E-state index contributed by atoms with van der Waals surface area (Å²) in [6.45, 7) is 58.7. The Hall–Kier alpha value is -7.80. The largest absolute Gasteiger partial charge is 0.451 e. The molecule has 11 aromatic rings. The molecule has 622 valence electrons. The average Bonchev–Trinajstić information content (AvgIpc) is 1.63. The van der Waals surface area contributed by atoms with Crippen LogP contribution in [-0.2, 0) is 17.7 Å². The summed E-state index contributed by atoms with van der Waals surface area (Å²) < 4.78 is 52.7. The van der Waals surface area contributed by atoms with Crippen molar-refractivity contribution in [3.8, 4) is 12.3 Å². The van der Waals surface area contributed by atoms with Gasteiger partial charge >= 0.3 is 0 Å². The van der Waals surface area contributed by atoms with E-state index in [4.69, 9.17) is 43.2 Å². The molecule has 114 heavy (non-hydrogen) atoms. The van der Waals surface area contributed by atoms with Gasteiger partial charge in [0.1, 0.15) is 22.3 Å². The molecule has 0 amide bonds. The molecule has 0 N–H and O–H groups in total. The molecule has 1 saturated heterocycles. The molecule has 0 bridgehead atoms. The van der Waals surface area contributed by atoms with Gasteiger partial charge in [0, 0.05) is 92.5 Å². The number of fused-ring (bicyclic) bond motifs is 1. The van der Waals surface area contributed by atoms with Crippen LogP contribution in [0.2, 0.25) is 10.3 Å². The Morgan fingerprint density at radius 3 is 1.43 bits per heavy atom. The Morgan fingerprint density at radius 2 is 1.06 bits per heavy atom. The van der Waals surface area contributed by atoms with E-state index >= 15 is 0 Å². The number of ether oxygens (including phenoxy) is 1. The number of hydrogen-bond donors (Lipinski definition) is 0. The van der Waals surface area contributed by atoms with Crippen molar-refractivity contribution < 1.29 is 26.7 Å². The van der Waals surface area contributed by atoms with Crippen LogP contribution in [0, 0.1) is 57.9 Å². The van der Waals surface area contributed by atoms with Crippen LogP contribution in [0.15, 0.2) is 153 Å². The fourth-order valence-corrected chi connectivity index (χ4v) is 14.4. The number of aromatic nitrogens is 9. The lowest BCUT2D eigenvalue weighted by atomic mass is 9.95. The molecule has 0 saturated carbocycles. The number of nitrogens with zero attached hydrogens (tertiary/aromatic N) is 10. The zero-order valence-corrected chi connectivity index (χ0v) is 75.7. The van der Waals surface area contributed by atoms with Gasteiger partial charge in [-0.2, -0.15) is 18.2 Å². The Kier molecular flexibility index (Phi) is 48.6. The molecular formula is C93H129Cl2F3N10O3S3. The van der Waals surface area contributed by atoms with Crippen molar-refractivity contribution in [1.29, 1.82) is 0 Å². The minimum absolute atomic E-state index is 0. The second-order valence-corrected chi connectivity index (χ2v) is 34.1. The summed E-state index contributed by atoms with van der Waals surface area (Å²) in [7, 11) is 0. The van der Waals surface area contributed by atoms with E-state index in [1.54, 1.807) is 63.4 Å². The van der Waals surface area contributed by atoms with E-state index in [-0.39, 0.29) is 13.3 Å². The average molecular weight is 1660 g/mol. The lowest BCUT2D eigenvalue weighted by Crippen LogP contribution is -2.50. The van der Waals surface area contributed by atoms with Crippen LogP contribution in [0.5, 0.6) is 0 Å². The van der Waals surface area contributed by atoms with E-state index in [9.17, 15) is 13.2 Å². The number of halogens is 5. The van der Waals surface area contributed by atoms with Crippen molar-refractivity contribution in [2.45, 2.75) is 272 Å². The molecule has 21 heteroatoms. The fraction of sp³-hybridized carbons (Fsp3) is 0.473. The second-order valence-electron chi connectivity index (χ2n) is 30.7. The van der Waals surface area contributed by atoms with Gasteiger partial charge in [0.25, 0.3) is 0 Å². The van der Waals surface area contributed by atoms with Gasteiger partial charge in [0.15, 0.2) is 12.8 Å². The van der Waals surface area contributed by atoms with E-state index in [0.29, 0.717) is 81.1 Å². The van der Waals surface area contributed by atoms with Crippen molar-refractivity contribution in [3.05, 3.63) is 272 Å². The maximum atomic E-state index is 12.8. The summed E-state index contributed by atoms with van der Waals surface area (Å²) in [5, 5.41) is 7.68. The first kappa shape index (κ1) is 102. The van der Waals surface area contributed by atoms with E-state index < -0.39 is 17.8 Å². The molecule has 2 aliphatic heterocycles. The molecule has 13 nitrogen and oxygen atoms in total. The Morgan fingerprint density at radius 1 is 0.509 bits per heavy atom. The summed E-state index contributed by atoms with van der Waals surface area (Å²) in [6, 6.07) is 24.5. The Bertz CT molecular complexity index is 4210. The predicted octanol–water partition coefficient (Wildman–Crippen LogP) is 28.2. The van der Waals surface area contributed by atoms with Crippen LogP contribution in [0.25, 0.3) is 0 Å². The number of pyridine rings is 6. The number of thiazole rings is 1. The van der Waals surface area contributed by atoms with Gasteiger partial charge in [0.2, 0.25) is 17.8 Å². The highest BCUT2D eigenvalue weighted by Crippen LogP contribution is 2.35. The van der Waals surface area contributed by atoms with Gasteiger partial charge in [-0.25, -0.2) is 29.9 Å². The minimum Gasteiger partial charge on any atom is -0.451 e. The highest BCUT2D eigenvalue weighted by molar-refractivity contribution is 7.10. The number of oxazole rings is 2. The molecule has 0 aliphatic carbocycles. The third-order valence-corrected chi connectivity index (χ3v) is 21.2. The molecule has 1 fully saturated rings. The molecule has 0 spiro atoms. The van der Waals surface area contributed by atoms with Gasteiger partial charge in [-0.1, -0.05) is 219 Å². The molecule has 0 unspecified atom stereocenters. The normalized spacial score (nSPS) is 12.0. The highest BCUT2D eigenvalue weighted by atomic mass is 35.5. The SMILES string of the molecule is C.C#Cc1csc(C(C)C)c1.CC(C)c1ccc(F)nc1F.CC(C)c1cccnc1.CC(C)c1cccnc1Cl.CC(C)c1cocn1.CC(C)c1csc2c1CCN(C1COC1)C2.CC(C)c1cscn1.Cc1nc(Cl)ccc1C(C)C.Cc1nc(F)ccc1C(C)C.Cc1ncccc1C(C)C.Cc1ncoc1C(C)C. The van der Waals surface area contributed by atoms with E-state index in [0.717, 1.165) is 70.7 Å². The Labute approximate surface area is 704 Å². The predicted molar refractivity (Wildman–Crippen MR) is 476 cm³/mol. The highest BCUT2D eigenvalue weighted by Gasteiger charge is 2.30. The van der Waals surface area contributed by atoms with Gasteiger partial charge in [-0.3, -0.25) is 14.9 Å². The summed E-state index contributed by atoms with van der Waals surface area (Å²) in [4.78, 5) is 40.7. The van der Waals surface area contributed by atoms with Crippen molar-refractivity contribution in [3.63, 3.8) is 0 Å². The number of rotatable bonds is 12. The van der Waals surface area contributed by atoms with Crippen LogP contribution in [0.4, 0.5) is 13.2 Å². The summed E-state index contributed by atoms with van der Waals surface area (Å²) >= 11 is 16.9. The maximum absolute atomic E-state index is 12.8. The lowest BCUT2D eigenvalue weighted by Gasteiger charge is -2.39. The smallest absolute Gasteiger partial charge is 0.218 e. The third kappa shape index (κ3) is 37.4. The summed E-state index contributed by atoms with van der Waals surface area (Å²) in [6.07, 6.45) is 18.3. The van der Waals surface area contributed by atoms with E-state index in [2.05, 4.69) is 230 Å². The zero-order valence-electron chi connectivity index (χ0n) is 71.7. The molecular weight excluding hydrogens is 1530 g/mol. The first-order valence-electron chi connectivity index (χ1n) is 39.0. The number of terminal acetylenes is 1. The third-order valence-electron chi connectivity index (χ3n) is 17.8. The van der Waals surface area contributed by atoms with Gasteiger partial charge < -0.3 is 13.6 Å². The molecule has 13 rings (SSSR count). The first-order chi connectivity index (χ1) is 53.4. The monoisotopic (exact) mass is 1660 g/mol. The fourth-order valence-electron chi connectivity index (χ4n) is 11.0. The van der Waals surface area contributed by atoms with Crippen LogP contribution in [0.3, 0.4) is 0 Å². The van der Waals surface area contributed by atoms with Crippen molar-refractivity contribution in [2.75, 3.05) is 19.8 Å². The van der Waals surface area contributed by atoms with Gasteiger partial charge in [-0.05, 0) is 186 Å². The van der Waals surface area contributed by atoms with Crippen molar-refractivity contribution in [1.82, 2.24) is 49.8 Å². The maximum Gasteiger partial charge on any atom is 0.218 e. The van der Waals surface area contributed by atoms with Gasteiger partial charge in [-0.15, -0.1) is 40.4 Å². The zero-order chi connectivity index (χ0) is 84.6. The lowest BCUT2D eigenvalue weighted by molar-refractivity contribution is -0.0691. The van der Waals surface area contributed by atoms with Crippen molar-refractivity contribution >= 4 is 57.2 Å². The molecule has 0 atom stereocenters. The van der Waals surface area contributed by atoms with Crippen LogP contribution >= 0.6 is 57.2 Å². The number of aryl methyl sites for hydroxylation is 4. The van der Waals surface area contributed by atoms with Crippen LogP contribution in [-0.4, -0.2) is 75.6 Å². The molecule has 0 radical (unpaired) electrons. The number of thiophene rings is 2. The van der Waals surface area contributed by atoms with E-state index in [1.165, 1.54) is 71.2 Å². The number of hydrogen-bond acceptors (Lipinski definition) is 16. The standard InChI is InChI=1S/C13H19NOS.C9H12ClN.C9H12FN.C9H13N.C9H10S.C8H10ClN.C8H9F2N.C8H11N.C7H11NO.C6H9NO.C6H9NS.CH4/c1-9(2)12-8-16-13-5-14(4-3-11(12)13)10-6-15-7-10;2*1-6(2)8-4-5-9(10)11-7(8)3;1-7(2)9-5-4-6-10-8(9)3;1-4-8-5-9(7(2)3)10-6-8;1-6(2)7-4-3-5-10-8(7)9;1-5(2)6-3-4-7(9)11-8(6)10;1-7(2)8-4-3-5-9-6-8;1-5(2)7-6(3)8-4-9-7;2*1-5(2)6-3-8-4-7-6;/h8-10H,3-7H2,1-2H3;2*4-6H,1-3H3;4-7H,1-3H3;1,5-7H,2-3H3;3-6H,1-2H3;3-5H,1-2H3;3-7H,1-2H3;4-5H,1-3H3;2*3-5H,1-2H3;1H4. The first-order valence-corrected chi connectivity index (χ1v) is 42.5. The molecule has 0 aromatic carbocycles. The molecule has 2 aliphatic rings. The van der Waals surface area contributed by atoms with Crippen LogP contribution in [0.1, 0.15) is 325 Å². The van der Waals surface area contributed by atoms with Crippen molar-refractivity contribution in [2.24, 2.45) is 0 Å². The summed E-state index contributed by atoms with van der Waals surface area (Å²) in [5.41, 5.74) is 18.9. The Balaban J connectivity index is 0.000000427. The van der Waals surface area contributed by atoms with Crippen LogP contribution < -0.4 is 0 Å². The topological polar surface area (TPSA) is 155 Å². The molecule has 13 heterocycles. The second kappa shape index (κ2) is 54.2. The van der Waals surface area contributed by atoms with Gasteiger partial charge in [0.05, 0.1) is 41.8 Å². The minimum atomic E-state index is -0.771. The quantitative estimate of drug-likeness (QED) is 0.0842. The molecule has 11 aromatic heterocycles.